The molecule has 0 saturated heterocycles. The molecule has 138 valence electrons. The van der Waals surface area contributed by atoms with Gasteiger partial charge in [0.1, 0.15) is 11.4 Å². The number of nitrogens with zero attached hydrogens (tertiary/aromatic N) is 3. The number of anilines is 1. The van der Waals surface area contributed by atoms with Gasteiger partial charge in [-0.1, -0.05) is 30.3 Å². The van der Waals surface area contributed by atoms with Crippen LogP contribution in [0.25, 0.3) is 5.69 Å². The van der Waals surface area contributed by atoms with E-state index in [1.807, 2.05) is 44.3 Å². The van der Waals surface area contributed by atoms with Gasteiger partial charge in [-0.2, -0.15) is 5.10 Å². The van der Waals surface area contributed by atoms with Crippen LogP contribution in [0.5, 0.6) is 5.75 Å². The number of hydrogen-bond acceptors (Lipinski definition) is 4. The van der Waals surface area contributed by atoms with Crippen LogP contribution < -0.4 is 16.3 Å². The monoisotopic (exact) mass is 381 g/mol. The second-order valence-electron chi connectivity index (χ2n) is 5.86. The highest BCUT2D eigenvalue weighted by Gasteiger charge is 2.16. The molecule has 3 aromatic rings. The van der Waals surface area contributed by atoms with Crippen LogP contribution in [0, 0.1) is 6.92 Å². The van der Waals surface area contributed by atoms with Crippen molar-refractivity contribution in [1.82, 2.24) is 14.8 Å². The third-order valence-electron chi connectivity index (χ3n) is 4.04. The first-order chi connectivity index (χ1) is 13.0. The number of hydrazone groups is 1. The van der Waals surface area contributed by atoms with Crippen LogP contribution in [0.2, 0.25) is 0 Å². The van der Waals surface area contributed by atoms with Gasteiger partial charge in [0.15, 0.2) is 5.11 Å². The molecule has 0 aliphatic rings. The SMILES string of the molecule is Cc1c(NC(=S)N/N=C\c2cccc(O)c2)c(=O)n(-c2ccccc2)n1C. The van der Waals surface area contributed by atoms with Crippen molar-refractivity contribution < 1.29 is 5.11 Å². The summed E-state index contributed by atoms with van der Waals surface area (Å²) in [7, 11) is 1.81. The van der Waals surface area contributed by atoms with Gasteiger partial charge in [-0.15, -0.1) is 0 Å². The summed E-state index contributed by atoms with van der Waals surface area (Å²) in [5.74, 6) is 0.154. The number of phenols is 1. The predicted octanol–water partition coefficient (Wildman–Crippen LogP) is 2.51. The maximum atomic E-state index is 12.8. The molecule has 1 heterocycles. The third kappa shape index (κ3) is 4.06. The molecule has 27 heavy (non-hydrogen) atoms. The summed E-state index contributed by atoms with van der Waals surface area (Å²) < 4.78 is 3.33. The third-order valence-corrected chi connectivity index (χ3v) is 4.24. The van der Waals surface area contributed by atoms with Gasteiger partial charge in [-0.25, -0.2) is 4.68 Å². The largest absolute Gasteiger partial charge is 0.508 e. The molecule has 3 N–H and O–H groups in total. The molecule has 0 amide bonds. The first-order valence-corrected chi connectivity index (χ1v) is 8.61. The summed E-state index contributed by atoms with van der Waals surface area (Å²) in [6, 6.07) is 16.0. The summed E-state index contributed by atoms with van der Waals surface area (Å²) in [6.45, 7) is 1.84. The summed E-state index contributed by atoms with van der Waals surface area (Å²) in [6.07, 6.45) is 1.52. The van der Waals surface area contributed by atoms with Gasteiger partial charge in [-0.3, -0.25) is 14.9 Å². The first-order valence-electron chi connectivity index (χ1n) is 8.20. The number of phenolic OH excluding ortho intramolecular Hbond substituents is 1. The van der Waals surface area contributed by atoms with E-state index in [-0.39, 0.29) is 16.4 Å². The number of rotatable bonds is 4. The zero-order valence-corrected chi connectivity index (χ0v) is 15.7. The molecule has 0 radical (unpaired) electrons. The first kappa shape index (κ1) is 18.4. The van der Waals surface area contributed by atoms with E-state index in [2.05, 4.69) is 15.8 Å². The molecule has 2 aromatic carbocycles. The molecule has 0 spiro atoms. The molecular weight excluding hydrogens is 362 g/mol. The number of hydrogen-bond donors (Lipinski definition) is 3. The van der Waals surface area contributed by atoms with Gasteiger partial charge >= 0.3 is 0 Å². The standard InChI is InChI=1S/C19H19N5O2S/c1-13-17(18(26)24(23(13)2)15-8-4-3-5-9-15)21-19(27)22-20-12-14-7-6-10-16(25)11-14/h3-12,25H,1-2H3,(H2,21,22,27)/b20-12-. The zero-order chi connectivity index (χ0) is 19.4. The lowest BCUT2D eigenvalue weighted by Crippen LogP contribution is -2.28. The molecule has 0 unspecified atom stereocenters. The number of aromatic nitrogens is 2. The van der Waals surface area contributed by atoms with Gasteiger partial charge < -0.3 is 10.4 Å². The maximum Gasteiger partial charge on any atom is 0.295 e. The molecule has 1 aromatic heterocycles. The van der Waals surface area contributed by atoms with E-state index in [4.69, 9.17) is 12.2 Å². The van der Waals surface area contributed by atoms with Crippen LogP contribution >= 0.6 is 12.2 Å². The number of para-hydroxylation sites is 1. The van der Waals surface area contributed by atoms with Gasteiger partial charge in [0, 0.05) is 7.05 Å². The van der Waals surface area contributed by atoms with Crippen LogP contribution in [-0.2, 0) is 7.05 Å². The van der Waals surface area contributed by atoms with E-state index in [0.717, 1.165) is 11.4 Å². The summed E-state index contributed by atoms with van der Waals surface area (Å²) in [5.41, 5.74) is 5.07. The van der Waals surface area contributed by atoms with Gasteiger partial charge in [-0.05, 0) is 49.0 Å². The molecule has 0 fully saturated rings. The molecule has 0 saturated carbocycles. The van der Waals surface area contributed by atoms with E-state index in [9.17, 15) is 9.90 Å². The van der Waals surface area contributed by atoms with E-state index < -0.39 is 0 Å². The minimum absolute atomic E-state index is 0.154. The fourth-order valence-electron chi connectivity index (χ4n) is 2.62. The van der Waals surface area contributed by atoms with Crippen LogP contribution in [0.3, 0.4) is 0 Å². The number of benzene rings is 2. The van der Waals surface area contributed by atoms with Crippen molar-refractivity contribution in [3.63, 3.8) is 0 Å². The smallest absolute Gasteiger partial charge is 0.295 e. The summed E-state index contributed by atoms with van der Waals surface area (Å²) in [4.78, 5) is 12.8. The molecule has 0 bridgehead atoms. The maximum absolute atomic E-state index is 12.8. The highest BCUT2D eigenvalue weighted by atomic mass is 32.1. The Labute approximate surface area is 161 Å². The number of thiocarbonyl (C=S) groups is 1. The van der Waals surface area contributed by atoms with Crippen molar-refractivity contribution in [3.8, 4) is 11.4 Å². The minimum Gasteiger partial charge on any atom is -0.508 e. The fraction of sp³-hybridized carbons (Fsp3) is 0.105. The number of aromatic hydroxyl groups is 1. The summed E-state index contributed by atoms with van der Waals surface area (Å²) >= 11 is 5.22. The van der Waals surface area contributed by atoms with Crippen LogP contribution in [-0.4, -0.2) is 25.8 Å². The fourth-order valence-corrected chi connectivity index (χ4v) is 2.78. The predicted molar refractivity (Wildman–Crippen MR) is 111 cm³/mol. The molecule has 0 aliphatic carbocycles. The van der Waals surface area contributed by atoms with Crippen LogP contribution in [0.15, 0.2) is 64.5 Å². The average molecular weight is 381 g/mol. The second kappa shape index (κ2) is 7.88. The lowest BCUT2D eigenvalue weighted by molar-refractivity contribution is 0.475. The topological polar surface area (TPSA) is 83.6 Å². The highest BCUT2D eigenvalue weighted by molar-refractivity contribution is 7.80. The lowest BCUT2D eigenvalue weighted by Gasteiger charge is -2.07. The second-order valence-corrected chi connectivity index (χ2v) is 6.26. The molecule has 3 rings (SSSR count). The van der Waals surface area contributed by atoms with Crippen molar-refractivity contribution in [2.24, 2.45) is 12.1 Å². The average Bonchev–Trinajstić information content (AvgIpc) is 2.86. The Morgan fingerprint density at radius 3 is 2.63 bits per heavy atom. The van der Waals surface area contributed by atoms with Crippen molar-refractivity contribution in [2.75, 3.05) is 5.32 Å². The van der Waals surface area contributed by atoms with Crippen LogP contribution in [0.1, 0.15) is 11.3 Å². The molecule has 0 aliphatic heterocycles. The van der Waals surface area contributed by atoms with Crippen LogP contribution in [0.4, 0.5) is 5.69 Å². The molecule has 0 atom stereocenters. The number of nitrogens with one attached hydrogen (secondary N) is 2. The molecule has 7 nitrogen and oxygen atoms in total. The van der Waals surface area contributed by atoms with E-state index >= 15 is 0 Å². The van der Waals surface area contributed by atoms with Gasteiger partial charge in [0.2, 0.25) is 0 Å². The lowest BCUT2D eigenvalue weighted by atomic mass is 10.2. The minimum atomic E-state index is -0.206. The Kier molecular flexibility index (Phi) is 5.37. The highest BCUT2D eigenvalue weighted by Crippen LogP contribution is 2.14. The normalized spacial score (nSPS) is 10.9. The van der Waals surface area contributed by atoms with E-state index in [1.165, 1.54) is 6.21 Å². The Morgan fingerprint density at radius 1 is 1.19 bits per heavy atom. The zero-order valence-electron chi connectivity index (χ0n) is 14.9. The quantitative estimate of drug-likeness (QED) is 0.367. The Balaban J connectivity index is 1.76. The van der Waals surface area contributed by atoms with E-state index in [1.54, 1.807) is 33.6 Å². The Morgan fingerprint density at radius 2 is 1.93 bits per heavy atom. The van der Waals surface area contributed by atoms with Gasteiger partial charge in [0.05, 0.1) is 17.6 Å². The Bertz CT molecular complexity index is 1050. The molecular formula is C19H19N5O2S. The summed E-state index contributed by atoms with van der Waals surface area (Å²) in [5, 5.41) is 16.6. The van der Waals surface area contributed by atoms with Crippen molar-refractivity contribution in [1.29, 1.82) is 0 Å². The van der Waals surface area contributed by atoms with Crippen molar-refractivity contribution in [2.45, 2.75) is 6.92 Å². The van der Waals surface area contributed by atoms with Crippen molar-refractivity contribution >= 4 is 29.2 Å². The van der Waals surface area contributed by atoms with Crippen molar-refractivity contribution in [3.05, 3.63) is 76.2 Å². The molecule has 8 heteroatoms. The van der Waals surface area contributed by atoms with Gasteiger partial charge in [0.25, 0.3) is 5.56 Å². The van der Waals surface area contributed by atoms with E-state index in [0.29, 0.717) is 11.3 Å². The Hall–Kier alpha value is -3.39.